The van der Waals surface area contributed by atoms with Crippen molar-refractivity contribution in [3.05, 3.63) is 69.2 Å². The fourth-order valence-electron chi connectivity index (χ4n) is 2.08. The van der Waals surface area contributed by atoms with Gasteiger partial charge in [0.2, 0.25) is 0 Å². The van der Waals surface area contributed by atoms with Crippen molar-refractivity contribution in [1.29, 1.82) is 0 Å². The van der Waals surface area contributed by atoms with Gasteiger partial charge in [-0.05, 0) is 36.4 Å². The van der Waals surface area contributed by atoms with Gasteiger partial charge in [-0.2, -0.15) is 0 Å². The van der Waals surface area contributed by atoms with Crippen LogP contribution in [-0.4, -0.2) is 10.9 Å². The third-order valence-electron chi connectivity index (χ3n) is 3.00. The van der Waals surface area contributed by atoms with Crippen molar-refractivity contribution in [1.82, 2.24) is 4.98 Å². The van der Waals surface area contributed by atoms with Crippen LogP contribution < -0.4 is 5.32 Å². The second kappa shape index (κ2) is 5.95. The molecular formula is C16H10Br2N2O. The maximum atomic E-state index is 12.3. The van der Waals surface area contributed by atoms with Gasteiger partial charge in [0.05, 0.1) is 11.2 Å². The molecule has 0 saturated heterocycles. The molecule has 3 rings (SSSR count). The third-order valence-corrected chi connectivity index (χ3v) is 3.96. The fourth-order valence-corrected chi connectivity index (χ4v) is 2.95. The molecule has 1 amide bonds. The van der Waals surface area contributed by atoms with Crippen molar-refractivity contribution in [2.45, 2.75) is 0 Å². The fraction of sp³-hybridized carbons (Fsp3) is 0. The Labute approximate surface area is 138 Å². The lowest BCUT2D eigenvalue weighted by molar-refractivity contribution is 0.102. The first-order valence-electron chi connectivity index (χ1n) is 6.25. The van der Waals surface area contributed by atoms with Gasteiger partial charge < -0.3 is 5.32 Å². The van der Waals surface area contributed by atoms with E-state index in [0.29, 0.717) is 11.3 Å². The van der Waals surface area contributed by atoms with Crippen LogP contribution in [0.4, 0.5) is 5.69 Å². The van der Waals surface area contributed by atoms with E-state index in [1.165, 1.54) is 0 Å². The van der Waals surface area contributed by atoms with E-state index in [-0.39, 0.29) is 5.91 Å². The summed E-state index contributed by atoms with van der Waals surface area (Å²) in [5.74, 6) is -0.165. The predicted octanol–water partition coefficient (Wildman–Crippen LogP) is 5.01. The lowest BCUT2D eigenvalue weighted by atomic mass is 10.1. The number of carbonyl (C=O) groups excluding carboxylic acids is 1. The van der Waals surface area contributed by atoms with Gasteiger partial charge in [-0.3, -0.25) is 9.78 Å². The van der Waals surface area contributed by atoms with Gasteiger partial charge in [-0.1, -0.05) is 44.0 Å². The van der Waals surface area contributed by atoms with Gasteiger partial charge >= 0.3 is 0 Å². The van der Waals surface area contributed by atoms with Crippen LogP contribution in [0.25, 0.3) is 10.9 Å². The molecule has 104 valence electrons. The molecule has 0 radical (unpaired) electrons. The number of nitrogens with one attached hydrogen (secondary N) is 1. The number of aromatic nitrogens is 1. The highest BCUT2D eigenvalue weighted by Crippen LogP contribution is 2.27. The number of amides is 1. The van der Waals surface area contributed by atoms with E-state index in [0.717, 1.165) is 19.8 Å². The first-order chi connectivity index (χ1) is 10.1. The summed E-state index contributed by atoms with van der Waals surface area (Å²) in [5.41, 5.74) is 2.04. The molecule has 0 spiro atoms. The second-order valence-electron chi connectivity index (χ2n) is 4.49. The summed E-state index contributed by atoms with van der Waals surface area (Å²) < 4.78 is 1.76. The smallest absolute Gasteiger partial charge is 0.255 e. The van der Waals surface area contributed by atoms with Crippen molar-refractivity contribution < 1.29 is 4.79 Å². The molecule has 0 aliphatic heterocycles. The van der Waals surface area contributed by atoms with Crippen LogP contribution in [0, 0.1) is 0 Å². The zero-order valence-corrected chi connectivity index (χ0v) is 14.0. The Kier molecular flexibility index (Phi) is 4.03. The molecule has 5 heteroatoms. The van der Waals surface area contributed by atoms with Crippen LogP contribution in [0.5, 0.6) is 0 Å². The van der Waals surface area contributed by atoms with Crippen molar-refractivity contribution in [3.8, 4) is 0 Å². The van der Waals surface area contributed by atoms with Crippen molar-refractivity contribution in [2.24, 2.45) is 0 Å². The number of carbonyl (C=O) groups is 1. The minimum Gasteiger partial charge on any atom is -0.320 e. The van der Waals surface area contributed by atoms with Crippen LogP contribution in [0.1, 0.15) is 10.4 Å². The average Bonchev–Trinajstić information content (AvgIpc) is 2.47. The molecule has 2 aromatic carbocycles. The van der Waals surface area contributed by atoms with E-state index in [1.54, 1.807) is 18.3 Å². The highest BCUT2D eigenvalue weighted by molar-refractivity contribution is 9.10. The van der Waals surface area contributed by atoms with E-state index in [2.05, 4.69) is 42.2 Å². The van der Waals surface area contributed by atoms with Gasteiger partial charge in [0.1, 0.15) is 0 Å². The number of nitrogens with zero attached hydrogens (tertiary/aromatic N) is 1. The third kappa shape index (κ3) is 3.14. The number of rotatable bonds is 2. The molecule has 0 saturated carbocycles. The Bertz CT molecular complexity index is 833. The molecule has 0 unspecified atom stereocenters. The molecule has 0 aliphatic carbocycles. The summed E-state index contributed by atoms with van der Waals surface area (Å²) >= 11 is 6.82. The number of anilines is 1. The van der Waals surface area contributed by atoms with E-state index in [1.807, 2.05) is 36.4 Å². The van der Waals surface area contributed by atoms with Crippen molar-refractivity contribution in [3.63, 3.8) is 0 Å². The van der Waals surface area contributed by atoms with Crippen LogP contribution in [0.3, 0.4) is 0 Å². The topological polar surface area (TPSA) is 42.0 Å². The number of halogens is 2. The van der Waals surface area contributed by atoms with E-state index < -0.39 is 0 Å². The maximum Gasteiger partial charge on any atom is 0.255 e. The Morgan fingerprint density at radius 1 is 1.00 bits per heavy atom. The predicted molar refractivity (Wildman–Crippen MR) is 91.5 cm³/mol. The van der Waals surface area contributed by atoms with Crippen molar-refractivity contribution >= 4 is 54.4 Å². The largest absolute Gasteiger partial charge is 0.320 e. The normalized spacial score (nSPS) is 10.6. The summed E-state index contributed by atoms with van der Waals surface area (Å²) in [6.45, 7) is 0. The maximum absolute atomic E-state index is 12.3. The monoisotopic (exact) mass is 404 g/mol. The molecule has 0 bridgehead atoms. The standard InChI is InChI=1S/C16H10Br2N2O/c17-12-5-1-3-11(8-12)16(21)20-14-9-13(18)7-10-4-2-6-19-15(10)14/h1-9H,(H,20,21). The Balaban J connectivity index is 2.00. The van der Waals surface area contributed by atoms with Crippen molar-refractivity contribution in [2.75, 3.05) is 5.32 Å². The van der Waals surface area contributed by atoms with Crippen LogP contribution in [0.15, 0.2) is 63.7 Å². The molecular weight excluding hydrogens is 396 g/mol. The molecule has 1 N–H and O–H groups in total. The number of pyridine rings is 1. The number of hydrogen-bond donors (Lipinski definition) is 1. The average molecular weight is 406 g/mol. The number of fused-ring (bicyclic) bond motifs is 1. The van der Waals surface area contributed by atoms with Crippen LogP contribution in [-0.2, 0) is 0 Å². The molecule has 0 fully saturated rings. The minimum atomic E-state index is -0.165. The summed E-state index contributed by atoms with van der Waals surface area (Å²) in [6.07, 6.45) is 1.71. The molecule has 1 aromatic heterocycles. The Hall–Kier alpha value is -1.72. The van der Waals surface area contributed by atoms with Gasteiger partial charge in [0.15, 0.2) is 0 Å². The second-order valence-corrected chi connectivity index (χ2v) is 6.32. The quantitative estimate of drug-likeness (QED) is 0.650. The van der Waals surface area contributed by atoms with Gasteiger partial charge in [-0.15, -0.1) is 0 Å². The molecule has 0 atom stereocenters. The summed E-state index contributed by atoms with van der Waals surface area (Å²) in [4.78, 5) is 16.7. The molecule has 3 nitrogen and oxygen atoms in total. The zero-order chi connectivity index (χ0) is 14.8. The molecule has 1 heterocycles. The van der Waals surface area contributed by atoms with Crippen LogP contribution in [0.2, 0.25) is 0 Å². The van der Waals surface area contributed by atoms with Gasteiger partial charge in [-0.25, -0.2) is 0 Å². The zero-order valence-electron chi connectivity index (χ0n) is 10.8. The number of hydrogen-bond acceptors (Lipinski definition) is 2. The SMILES string of the molecule is O=C(Nc1cc(Br)cc2cccnc12)c1cccc(Br)c1. The lowest BCUT2D eigenvalue weighted by Gasteiger charge is -2.09. The van der Waals surface area contributed by atoms with Crippen LogP contribution >= 0.6 is 31.9 Å². The van der Waals surface area contributed by atoms with E-state index >= 15 is 0 Å². The first kappa shape index (κ1) is 14.2. The Morgan fingerprint density at radius 2 is 1.86 bits per heavy atom. The number of benzene rings is 2. The highest BCUT2D eigenvalue weighted by Gasteiger charge is 2.10. The molecule has 3 aromatic rings. The minimum absolute atomic E-state index is 0.165. The van der Waals surface area contributed by atoms with E-state index in [4.69, 9.17) is 0 Å². The lowest BCUT2D eigenvalue weighted by Crippen LogP contribution is -2.12. The van der Waals surface area contributed by atoms with Gasteiger partial charge in [0, 0.05) is 26.1 Å². The van der Waals surface area contributed by atoms with E-state index in [9.17, 15) is 4.79 Å². The first-order valence-corrected chi connectivity index (χ1v) is 7.83. The molecule has 0 aliphatic rings. The highest BCUT2D eigenvalue weighted by atomic mass is 79.9. The Morgan fingerprint density at radius 3 is 2.67 bits per heavy atom. The molecule has 21 heavy (non-hydrogen) atoms. The summed E-state index contributed by atoms with van der Waals surface area (Å²) in [7, 11) is 0. The summed E-state index contributed by atoms with van der Waals surface area (Å²) in [6, 6.07) is 14.9. The summed E-state index contributed by atoms with van der Waals surface area (Å²) in [5, 5.41) is 3.89. The van der Waals surface area contributed by atoms with Gasteiger partial charge in [0.25, 0.3) is 5.91 Å².